The number of nitrogens with zero attached hydrogens (tertiary/aromatic N) is 1. The van der Waals surface area contributed by atoms with Crippen molar-refractivity contribution in [2.24, 2.45) is 16.3 Å². The third kappa shape index (κ3) is 7.87. The van der Waals surface area contributed by atoms with Gasteiger partial charge >= 0.3 is 0 Å². The van der Waals surface area contributed by atoms with E-state index in [-0.39, 0.29) is 11.9 Å². The lowest BCUT2D eigenvalue weighted by Crippen LogP contribution is -2.25. The van der Waals surface area contributed by atoms with Crippen LogP contribution < -0.4 is 5.32 Å². The second kappa shape index (κ2) is 9.65. The zero-order valence-corrected chi connectivity index (χ0v) is 17.2. The van der Waals surface area contributed by atoms with Gasteiger partial charge in [0.05, 0.1) is 11.1 Å². The van der Waals surface area contributed by atoms with Crippen LogP contribution >= 0.6 is 11.8 Å². The molecule has 0 radical (unpaired) electrons. The molecule has 138 valence electrons. The summed E-state index contributed by atoms with van der Waals surface area (Å²) >= 11 is 1.67. The van der Waals surface area contributed by atoms with Crippen LogP contribution in [-0.4, -0.2) is 17.6 Å². The summed E-state index contributed by atoms with van der Waals surface area (Å²) in [6.45, 7) is 16.3. The van der Waals surface area contributed by atoms with Crippen molar-refractivity contribution in [1.82, 2.24) is 5.32 Å². The molecule has 4 heteroatoms. The first-order valence-corrected chi connectivity index (χ1v) is 10.1. The third-order valence-electron chi connectivity index (χ3n) is 4.34. The van der Waals surface area contributed by atoms with Crippen molar-refractivity contribution < 1.29 is 4.39 Å². The monoisotopic (exact) mass is 354 g/mol. The Balaban J connectivity index is 2.79. The summed E-state index contributed by atoms with van der Waals surface area (Å²) in [6.07, 6.45) is 5.75. The molecule has 0 aliphatic heterocycles. The summed E-state index contributed by atoms with van der Waals surface area (Å²) < 4.78 is 13.7. The molecule has 0 saturated heterocycles. The second-order valence-corrected chi connectivity index (χ2v) is 9.32. The first-order chi connectivity index (χ1) is 11.1. The minimum atomic E-state index is -0.182. The fraction of sp³-hybridized carbons (Fsp3) is 0.750. The van der Waals surface area contributed by atoms with E-state index < -0.39 is 0 Å². The minimum absolute atomic E-state index is 0.182. The molecule has 1 aliphatic rings. The van der Waals surface area contributed by atoms with Crippen LogP contribution in [0.15, 0.2) is 28.0 Å². The van der Waals surface area contributed by atoms with Gasteiger partial charge in [-0.25, -0.2) is 4.39 Å². The van der Waals surface area contributed by atoms with Crippen molar-refractivity contribution in [2.75, 3.05) is 5.75 Å². The molecular formula is C20H35FN2S. The second-order valence-electron chi connectivity index (χ2n) is 8.13. The van der Waals surface area contributed by atoms with Gasteiger partial charge in [-0.2, -0.15) is 0 Å². The van der Waals surface area contributed by atoms with Gasteiger partial charge in [-0.05, 0) is 63.0 Å². The van der Waals surface area contributed by atoms with E-state index >= 15 is 0 Å². The van der Waals surface area contributed by atoms with Crippen molar-refractivity contribution in [2.45, 2.75) is 79.7 Å². The number of rotatable bonds is 7. The molecule has 1 unspecified atom stereocenters. The maximum absolute atomic E-state index is 13.7. The number of aliphatic imine (C=N–C) groups is 1. The Kier molecular flexibility index (Phi) is 8.55. The summed E-state index contributed by atoms with van der Waals surface area (Å²) in [5.74, 6) is 2.21. The molecule has 1 N–H and O–H groups in total. The average Bonchev–Trinajstić information content (AvgIpc) is 2.88. The van der Waals surface area contributed by atoms with Gasteiger partial charge in [0.25, 0.3) is 0 Å². The van der Waals surface area contributed by atoms with Crippen LogP contribution in [0.2, 0.25) is 0 Å². The highest BCUT2D eigenvalue weighted by Gasteiger charge is 2.28. The van der Waals surface area contributed by atoms with Gasteiger partial charge in [0, 0.05) is 5.57 Å². The molecule has 0 spiro atoms. The van der Waals surface area contributed by atoms with Crippen LogP contribution in [0.1, 0.15) is 73.6 Å². The van der Waals surface area contributed by atoms with Crippen molar-refractivity contribution in [3.63, 3.8) is 0 Å². The SMILES string of the molecule is C=C(NC(=NC1CC[C@@H](CC(C)(C)C)C1)/C(C)=C(\C)F)SCCC. The van der Waals surface area contributed by atoms with E-state index in [1.54, 1.807) is 18.7 Å². The minimum Gasteiger partial charge on any atom is -0.335 e. The molecule has 0 aromatic rings. The van der Waals surface area contributed by atoms with Gasteiger partial charge in [0.1, 0.15) is 11.7 Å². The van der Waals surface area contributed by atoms with E-state index in [1.165, 1.54) is 19.8 Å². The Morgan fingerprint density at radius 2 is 1.96 bits per heavy atom. The van der Waals surface area contributed by atoms with Gasteiger partial charge < -0.3 is 5.32 Å². The molecule has 1 rings (SSSR count). The lowest BCUT2D eigenvalue weighted by Gasteiger charge is -2.22. The highest BCUT2D eigenvalue weighted by molar-refractivity contribution is 8.03. The van der Waals surface area contributed by atoms with Crippen molar-refractivity contribution in [1.29, 1.82) is 0 Å². The summed E-state index contributed by atoms with van der Waals surface area (Å²) in [5.41, 5.74) is 0.952. The predicted octanol–water partition coefficient (Wildman–Crippen LogP) is 6.46. The number of thioether (sulfide) groups is 1. The first-order valence-electron chi connectivity index (χ1n) is 9.12. The topological polar surface area (TPSA) is 24.4 Å². The summed E-state index contributed by atoms with van der Waals surface area (Å²) in [6, 6.07) is 0.290. The molecule has 0 amide bonds. The molecule has 2 atom stereocenters. The van der Waals surface area contributed by atoms with Crippen LogP contribution in [0.5, 0.6) is 0 Å². The predicted molar refractivity (Wildman–Crippen MR) is 107 cm³/mol. The Hall–Kier alpha value is -0.770. The summed E-state index contributed by atoms with van der Waals surface area (Å²) in [4.78, 5) is 4.86. The van der Waals surface area contributed by atoms with Crippen molar-refractivity contribution >= 4 is 17.6 Å². The van der Waals surface area contributed by atoms with Crippen LogP contribution in [0.25, 0.3) is 0 Å². The molecule has 0 aromatic heterocycles. The molecular weight excluding hydrogens is 319 g/mol. The number of hydrogen-bond acceptors (Lipinski definition) is 2. The lowest BCUT2D eigenvalue weighted by atomic mass is 9.84. The van der Waals surface area contributed by atoms with Crippen LogP contribution in [0.3, 0.4) is 0 Å². The molecule has 2 nitrogen and oxygen atoms in total. The molecule has 0 bridgehead atoms. The largest absolute Gasteiger partial charge is 0.335 e. The van der Waals surface area contributed by atoms with Gasteiger partial charge in [0.15, 0.2) is 0 Å². The molecule has 0 aromatic carbocycles. The Labute approximate surface area is 152 Å². The van der Waals surface area contributed by atoms with E-state index in [2.05, 4.69) is 39.6 Å². The Bertz CT molecular complexity index is 484. The van der Waals surface area contributed by atoms with E-state index in [0.29, 0.717) is 16.8 Å². The zero-order valence-electron chi connectivity index (χ0n) is 16.3. The third-order valence-corrected chi connectivity index (χ3v) is 5.40. The van der Waals surface area contributed by atoms with Crippen molar-refractivity contribution in [3.8, 4) is 0 Å². The van der Waals surface area contributed by atoms with E-state index in [0.717, 1.165) is 36.0 Å². The van der Waals surface area contributed by atoms with Gasteiger partial charge in [-0.1, -0.05) is 34.3 Å². The van der Waals surface area contributed by atoms with E-state index in [4.69, 9.17) is 4.99 Å². The van der Waals surface area contributed by atoms with Crippen molar-refractivity contribution in [3.05, 3.63) is 23.0 Å². The van der Waals surface area contributed by atoms with E-state index in [1.807, 2.05) is 0 Å². The van der Waals surface area contributed by atoms with Crippen LogP contribution in [0.4, 0.5) is 4.39 Å². The van der Waals surface area contributed by atoms with Gasteiger partial charge in [-0.15, -0.1) is 11.8 Å². The van der Waals surface area contributed by atoms with Crippen LogP contribution in [-0.2, 0) is 0 Å². The van der Waals surface area contributed by atoms with E-state index in [9.17, 15) is 4.39 Å². The number of nitrogens with one attached hydrogen (secondary N) is 1. The number of allylic oxidation sites excluding steroid dienone is 1. The standard InChI is InChI=1S/C20H35FN2S/c1-8-11-24-16(4)22-19(14(2)15(3)21)23-18-10-9-17(12-18)13-20(5,6)7/h17-18H,4,8-13H2,1-3,5-7H3,(H,22,23)/b15-14+/t17-,18?/m1/s1. The maximum Gasteiger partial charge on any atom is 0.131 e. The fourth-order valence-electron chi connectivity index (χ4n) is 3.18. The Morgan fingerprint density at radius 3 is 2.50 bits per heavy atom. The number of halogens is 1. The quantitative estimate of drug-likeness (QED) is 0.419. The summed E-state index contributed by atoms with van der Waals surface area (Å²) in [5, 5.41) is 4.09. The summed E-state index contributed by atoms with van der Waals surface area (Å²) in [7, 11) is 0. The normalized spacial score (nSPS) is 23.2. The van der Waals surface area contributed by atoms with Crippen LogP contribution in [0, 0.1) is 11.3 Å². The van der Waals surface area contributed by atoms with Gasteiger partial charge in [-0.3, -0.25) is 4.99 Å². The molecule has 1 aliphatic carbocycles. The maximum atomic E-state index is 13.7. The highest BCUT2D eigenvalue weighted by atomic mass is 32.2. The van der Waals surface area contributed by atoms with Gasteiger partial charge in [0.2, 0.25) is 0 Å². The molecule has 24 heavy (non-hydrogen) atoms. The molecule has 1 fully saturated rings. The molecule has 0 heterocycles. The number of amidine groups is 1. The molecule has 1 saturated carbocycles. The Morgan fingerprint density at radius 1 is 1.29 bits per heavy atom. The fourth-order valence-corrected chi connectivity index (χ4v) is 3.80. The smallest absolute Gasteiger partial charge is 0.131 e. The first kappa shape index (κ1) is 21.3. The number of hydrogen-bond donors (Lipinski definition) is 1. The average molecular weight is 355 g/mol. The zero-order chi connectivity index (χ0) is 18.3. The lowest BCUT2D eigenvalue weighted by molar-refractivity contribution is 0.295. The highest BCUT2D eigenvalue weighted by Crippen LogP contribution is 2.36.